The maximum absolute atomic E-state index is 12.4. The molecular formula is C14H17NaO11S. The molecule has 146 valence electrons. The molecule has 0 aliphatic heterocycles. The first-order valence-corrected chi connectivity index (χ1v) is 10.0. The molecule has 0 amide bonds. The van der Waals surface area contributed by atoms with Gasteiger partial charge in [0.15, 0.2) is 0 Å². The fourth-order valence-corrected chi connectivity index (χ4v) is 3.59. The van der Waals surface area contributed by atoms with Crippen LogP contribution in [0.15, 0.2) is 17.0 Å². The summed E-state index contributed by atoms with van der Waals surface area (Å²) < 4.78 is 42.9. The number of ether oxygens (including phenoxy) is 2. The Bertz CT molecular complexity index is 792. The molecule has 0 saturated heterocycles. The van der Waals surface area contributed by atoms with E-state index in [0.717, 1.165) is 12.1 Å². The van der Waals surface area contributed by atoms with Crippen LogP contribution in [0.1, 0.15) is 20.7 Å². The molecule has 1 aromatic carbocycles. The second kappa shape index (κ2) is 10.5. The van der Waals surface area contributed by atoms with Crippen LogP contribution in [-0.2, 0) is 19.6 Å². The Morgan fingerprint density at radius 2 is 1.78 bits per heavy atom. The molecule has 0 spiro atoms. The van der Waals surface area contributed by atoms with Crippen molar-refractivity contribution in [2.75, 3.05) is 26.4 Å². The molecular weight excluding hydrogens is 399 g/mol. The van der Waals surface area contributed by atoms with Gasteiger partial charge in [0.1, 0.15) is 0 Å². The monoisotopic (exact) mass is 416 g/mol. The Labute approximate surface area is 171 Å². The molecule has 0 saturated carbocycles. The summed E-state index contributed by atoms with van der Waals surface area (Å²) in [4.78, 5) is 22.6. The average Bonchev–Trinajstić information content (AvgIpc) is 2.58. The van der Waals surface area contributed by atoms with E-state index in [2.05, 4.69) is 0 Å². The van der Waals surface area contributed by atoms with Gasteiger partial charge in [-0.05, 0) is 0 Å². The number of aromatic carboxylic acids is 1. The first-order valence-electron chi connectivity index (χ1n) is 7.56. The van der Waals surface area contributed by atoms with E-state index in [1.165, 1.54) is 0 Å². The van der Waals surface area contributed by atoms with E-state index < -0.39 is 63.5 Å². The van der Waals surface area contributed by atoms with Crippen LogP contribution in [0.2, 0.25) is 0 Å². The summed E-state index contributed by atoms with van der Waals surface area (Å²) in [5.74, 6) is -3.01. The van der Waals surface area contributed by atoms with E-state index >= 15 is 0 Å². The number of carbonyl (C=O) groups excluding carboxylic acids is 1. The molecule has 1 aromatic rings. The molecule has 0 radical (unpaired) electrons. The average molecular weight is 416 g/mol. The minimum absolute atomic E-state index is 0.151. The second-order valence-electron chi connectivity index (χ2n) is 5.46. The van der Waals surface area contributed by atoms with Gasteiger partial charge in [-0.3, -0.25) is 0 Å². The number of aliphatic hydroxyl groups excluding tert-OH is 3. The van der Waals surface area contributed by atoms with Crippen LogP contribution in [-0.4, -0.2) is 112 Å². The van der Waals surface area contributed by atoms with Crippen molar-refractivity contribution in [3.8, 4) is 0 Å². The summed E-state index contributed by atoms with van der Waals surface area (Å²) in [6, 6.07) is 2.07. The molecule has 0 fully saturated rings. The third-order valence-corrected chi connectivity index (χ3v) is 4.87. The van der Waals surface area contributed by atoms with Crippen LogP contribution >= 0.6 is 0 Å². The van der Waals surface area contributed by atoms with Gasteiger partial charge in [-0.1, -0.05) is 0 Å². The Balaban J connectivity index is 3.34. The number of aliphatic hydroxyl groups is 3. The topological polar surface area (TPSA) is 188 Å². The van der Waals surface area contributed by atoms with Crippen molar-refractivity contribution < 1.29 is 52.5 Å². The number of carboxylic acid groups (broad SMARTS) is 1. The molecule has 13 heteroatoms. The first kappa shape index (κ1) is 23.9. The molecule has 2 atom stereocenters. The third kappa shape index (κ3) is 6.78. The number of carboxylic acids is 1. The molecule has 1 rings (SSSR count). The number of hydrogen-bond donors (Lipinski definition) is 5. The third-order valence-electron chi connectivity index (χ3n) is 3.33. The van der Waals surface area contributed by atoms with Gasteiger partial charge in [0, 0.05) is 0 Å². The second-order valence-corrected chi connectivity index (χ2v) is 7.97. The maximum atomic E-state index is 12.4. The van der Waals surface area contributed by atoms with E-state index in [4.69, 9.17) is 19.7 Å². The molecule has 0 aliphatic carbocycles. The predicted molar refractivity (Wildman–Crippen MR) is 88.8 cm³/mol. The number of hydrogen-bond acceptors (Lipinski definition) is 9. The molecule has 0 heterocycles. The molecule has 5 N–H and O–H groups in total. The first-order chi connectivity index (χ1) is 12.5. The van der Waals surface area contributed by atoms with Gasteiger partial charge < -0.3 is 0 Å². The molecule has 2 unspecified atom stereocenters. The van der Waals surface area contributed by atoms with E-state index in [9.17, 15) is 32.8 Å². The van der Waals surface area contributed by atoms with Gasteiger partial charge in [-0.15, -0.1) is 0 Å². The zero-order valence-electron chi connectivity index (χ0n) is 14.2. The molecule has 0 aromatic heterocycles. The minimum atomic E-state index is -5.10. The summed E-state index contributed by atoms with van der Waals surface area (Å²) in [6.07, 6.45) is -3.02. The fraction of sp³-hybridized carbons (Fsp3) is 0.429. The Morgan fingerprint density at radius 3 is 2.26 bits per heavy atom. The molecule has 0 aliphatic rings. The van der Waals surface area contributed by atoms with Crippen LogP contribution in [0.25, 0.3) is 0 Å². The van der Waals surface area contributed by atoms with Crippen molar-refractivity contribution in [1.82, 2.24) is 0 Å². The number of rotatable bonds is 10. The van der Waals surface area contributed by atoms with Crippen molar-refractivity contribution in [2.24, 2.45) is 0 Å². The molecule has 11 nitrogen and oxygen atoms in total. The zero-order valence-corrected chi connectivity index (χ0v) is 17.0. The van der Waals surface area contributed by atoms with Gasteiger partial charge >= 0.3 is 172 Å². The van der Waals surface area contributed by atoms with Gasteiger partial charge in [-0.2, -0.15) is 0 Å². The fourth-order valence-electron chi connectivity index (χ4n) is 2.17. The van der Waals surface area contributed by atoms with Gasteiger partial charge in [0.2, 0.25) is 0 Å². The normalized spacial score (nSPS) is 13.9. The summed E-state index contributed by atoms with van der Waals surface area (Å²) in [6.45, 7) is -1.75. The predicted octanol–water partition coefficient (Wildman–Crippen LogP) is -2.69. The Kier molecular flexibility index (Phi) is 9.27. The van der Waals surface area contributed by atoms with Gasteiger partial charge in [0.25, 0.3) is 0 Å². The van der Waals surface area contributed by atoms with Crippen molar-refractivity contribution in [3.05, 3.63) is 23.3 Å². The van der Waals surface area contributed by atoms with E-state index in [1.807, 2.05) is 0 Å². The zero-order chi connectivity index (χ0) is 20.8. The van der Waals surface area contributed by atoms with Crippen LogP contribution in [0.5, 0.6) is 0 Å². The number of esters is 1. The quantitative estimate of drug-likeness (QED) is 0.116. The van der Waals surface area contributed by atoms with Crippen LogP contribution in [0.4, 0.5) is 0 Å². The van der Waals surface area contributed by atoms with Gasteiger partial charge in [-0.25, -0.2) is 0 Å². The molecule has 0 bridgehead atoms. The van der Waals surface area contributed by atoms with E-state index in [0.29, 0.717) is 2.81 Å². The van der Waals surface area contributed by atoms with E-state index in [-0.39, 0.29) is 41.1 Å². The van der Waals surface area contributed by atoms with Crippen molar-refractivity contribution >= 4 is 52.8 Å². The standard InChI is InChI=1S/C14H17O11S.Na/c15-4-5-24-7-11(10(17)6-16)25-14(20)9-3-1-2-8(13(18)19)12(9)26(21,22)23;/h2-3,10-11,15-17H,4-7H2,(H,18,19)(H,21,22,23);. The van der Waals surface area contributed by atoms with Crippen LogP contribution < -0.4 is 2.81 Å². The Hall–Kier alpha value is -1.09. The van der Waals surface area contributed by atoms with Crippen LogP contribution in [0.3, 0.4) is 0 Å². The van der Waals surface area contributed by atoms with Gasteiger partial charge in [0.05, 0.1) is 0 Å². The summed E-state index contributed by atoms with van der Waals surface area (Å²) >= 11 is 0.256. The molecule has 27 heavy (non-hydrogen) atoms. The van der Waals surface area contributed by atoms with Crippen molar-refractivity contribution in [3.63, 3.8) is 0 Å². The summed E-state index contributed by atoms with van der Waals surface area (Å²) in [5, 5.41) is 36.6. The van der Waals surface area contributed by atoms with Crippen LogP contribution in [0, 0.1) is 0 Å². The van der Waals surface area contributed by atoms with Crippen molar-refractivity contribution in [1.29, 1.82) is 0 Å². The Morgan fingerprint density at radius 1 is 1.19 bits per heavy atom. The van der Waals surface area contributed by atoms with E-state index in [1.54, 1.807) is 0 Å². The SMILES string of the molecule is O=C(O)c1c[c]([Na])cc(C(=O)OC(COCCO)C(O)CO)c1S(=O)(=O)O. The summed E-state index contributed by atoms with van der Waals surface area (Å²) in [5.41, 5.74) is -1.52. The summed E-state index contributed by atoms with van der Waals surface area (Å²) in [7, 11) is -5.10. The number of benzene rings is 1. The number of carbonyl (C=O) groups is 2. The van der Waals surface area contributed by atoms with Crippen molar-refractivity contribution in [2.45, 2.75) is 17.1 Å².